The SMILES string of the molecule is COC(=O)c1sc(C)c(-c2ccc(F)c(F)c2)c1N. The fourth-order valence-corrected chi connectivity index (χ4v) is 2.83. The highest BCUT2D eigenvalue weighted by Crippen LogP contribution is 2.39. The van der Waals surface area contributed by atoms with Crippen molar-refractivity contribution in [2.24, 2.45) is 0 Å². The molecule has 0 radical (unpaired) electrons. The molecule has 0 atom stereocenters. The van der Waals surface area contributed by atoms with Crippen LogP contribution in [0.2, 0.25) is 0 Å². The molecule has 3 nitrogen and oxygen atoms in total. The number of hydrogen-bond acceptors (Lipinski definition) is 4. The Kier molecular flexibility index (Phi) is 3.53. The lowest BCUT2D eigenvalue weighted by atomic mass is 10.0. The van der Waals surface area contributed by atoms with Gasteiger partial charge in [-0.15, -0.1) is 11.3 Å². The first-order valence-electron chi connectivity index (χ1n) is 5.38. The second-order valence-electron chi connectivity index (χ2n) is 3.90. The fourth-order valence-electron chi connectivity index (χ4n) is 1.82. The Morgan fingerprint density at radius 1 is 1.32 bits per heavy atom. The van der Waals surface area contributed by atoms with E-state index in [2.05, 4.69) is 4.74 Å². The largest absolute Gasteiger partial charge is 0.465 e. The average Bonchev–Trinajstić information content (AvgIpc) is 2.68. The van der Waals surface area contributed by atoms with Crippen LogP contribution in [0.5, 0.6) is 0 Å². The molecular weight excluding hydrogens is 272 g/mol. The molecule has 0 bridgehead atoms. The maximum absolute atomic E-state index is 13.3. The number of rotatable bonds is 2. The number of carbonyl (C=O) groups is 1. The molecule has 100 valence electrons. The highest BCUT2D eigenvalue weighted by atomic mass is 32.1. The summed E-state index contributed by atoms with van der Waals surface area (Å²) in [5.41, 5.74) is 7.08. The second-order valence-corrected chi connectivity index (χ2v) is 5.12. The number of aryl methyl sites for hydroxylation is 1. The van der Waals surface area contributed by atoms with E-state index in [4.69, 9.17) is 5.73 Å². The molecule has 1 aromatic heterocycles. The zero-order chi connectivity index (χ0) is 14.2. The van der Waals surface area contributed by atoms with E-state index in [0.717, 1.165) is 28.3 Å². The van der Waals surface area contributed by atoms with Crippen molar-refractivity contribution in [2.75, 3.05) is 12.8 Å². The minimum absolute atomic E-state index is 0.223. The molecule has 1 heterocycles. The molecule has 0 saturated carbocycles. The van der Waals surface area contributed by atoms with Crippen LogP contribution in [-0.2, 0) is 4.74 Å². The van der Waals surface area contributed by atoms with Gasteiger partial charge in [0.1, 0.15) is 4.88 Å². The molecule has 1 aromatic carbocycles. The van der Waals surface area contributed by atoms with Crippen molar-refractivity contribution in [3.63, 3.8) is 0 Å². The Hall–Kier alpha value is -1.95. The van der Waals surface area contributed by atoms with Crippen molar-refractivity contribution >= 4 is 23.0 Å². The Morgan fingerprint density at radius 3 is 2.58 bits per heavy atom. The first-order valence-corrected chi connectivity index (χ1v) is 6.20. The molecule has 2 N–H and O–H groups in total. The summed E-state index contributed by atoms with van der Waals surface area (Å²) in [6.45, 7) is 1.75. The first-order chi connectivity index (χ1) is 8.95. The summed E-state index contributed by atoms with van der Waals surface area (Å²) in [4.78, 5) is 12.5. The highest BCUT2D eigenvalue weighted by molar-refractivity contribution is 7.15. The summed E-state index contributed by atoms with van der Waals surface area (Å²) < 4.78 is 30.8. The topological polar surface area (TPSA) is 52.3 Å². The van der Waals surface area contributed by atoms with E-state index in [1.54, 1.807) is 6.92 Å². The molecule has 0 spiro atoms. The molecule has 0 fully saturated rings. The van der Waals surface area contributed by atoms with Gasteiger partial charge in [-0.25, -0.2) is 13.6 Å². The minimum atomic E-state index is -0.956. The van der Waals surface area contributed by atoms with Crippen LogP contribution in [0.4, 0.5) is 14.5 Å². The molecule has 0 saturated heterocycles. The van der Waals surface area contributed by atoms with E-state index in [-0.39, 0.29) is 10.6 Å². The molecule has 0 aliphatic rings. The smallest absolute Gasteiger partial charge is 0.350 e. The molecule has 6 heteroatoms. The molecule has 0 unspecified atom stereocenters. The zero-order valence-electron chi connectivity index (χ0n) is 10.3. The van der Waals surface area contributed by atoms with Gasteiger partial charge in [-0.2, -0.15) is 0 Å². The molecular formula is C13H11F2NO2S. The zero-order valence-corrected chi connectivity index (χ0v) is 11.1. The van der Waals surface area contributed by atoms with Gasteiger partial charge in [-0.3, -0.25) is 0 Å². The first kappa shape index (κ1) is 13.5. The number of ether oxygens (including phenoxy) is 1. The van der Waals surface area contributed by atoms with Gasteiger partial charge in [0.25, 0.3) is 0 Å². The lowest BCUT2D eigenvalue weighted by Crippen LogP contribution is -2.02. The average molecular weight is 283 g/mol. The molecule has 19 heavy (non-hydrogen) atoms. The number of carbonyl (C=O) groups excluding carboxylic acids is 1. The van der Waals surface area contributed by atoms with E-state index in [9.17, 15) is 13.6 Å². The highest BCUT2D eigenvalue weighted by Gasteiger charge is 2.21. The van der Waals surface area contributed by atoms with E-state index in [1.165, 1.54) is 13.2 Å². The lowest BCUT2D eigenvalue weighted by Gasteiger charge is -2.04. The number of nitrogens with two attached hydrogens (primary N) is 1. The molecule has 0 aliphatic heterocycles. The third-order valence-electron chi connectivity index (χ3n) is 2.70. The van der Waals surface area contributed by atoms with Crippen molar-refractivity contribution in [3.05, 3.63) is 39.6 Å². The number of benzene rings is 1. The molecule has 2 aromatic rings. The number of hydrogen-bond donors (Lipinski definition) is 1. The lowest BCUT2D eigenvalue weighted by molar-refractivity contribution is 0.0607. The van der Waals surface area contributed by atoms with Crippen molar-refractivity contribution < 1.29 is 18.3 Å². The predicted molar refractivity (Wildman–Crippen MR) is 70.2 cm³/mol. The third kappa shape index (κ3) is 2.31. The molecule has 0 amide bonds. The maximum atomic E-state index is 13.3. The van der Waals surface area contributed by atoms with Crippen molar-refractivity contribution in [3.8, 4) is 11.1 Å². The number of halogens is 2. The normalized spacial score (nSPS) is 10.5. The van der Waals surface area contributed by atoms with E-state index in [0.29, 0.717) is 11.1 Å². The van der Waals surface area contributed by atoms with Crippen LogP contribution in [-0.4, -0.2) is 13.1 Å². The van der Waals surface area contributed by atoms with Gasteiger partial charge in [0.2, 0.25) is 0 Å². The van der Waals surface area contributed by atoms with Gasteiger partial charge in [0.15, 0.2) is 11.6 Å². The third-order valence-corrected chi connectivity index (χ3v) is 3.80. The number of thiophene rings is 1. The summed E-state index contributed by atoms with van der Waals surface area (Å²) in [7, 11) is 1.26. The second kappa shape index (κ2) is 4.97. The standard InChI is InChI=1S/C13H11F2NO2S/c1-6-10(7-3-4-8(14)9(15)5-7)11(16)12(19-6)13(17)18-2/h3-5H,16H2,1-2H3. The van der Waals surface area contributed by atoms with Gasteiger partial charge >= 0.3 is 5.97 Å². The van der Waals surface area contributed by atoms with Crippen LogP contribution in [0.15, 0.2) is 18.2 Å². The summed E-state index contributed by atoms with van der Waals surface area (Å²) in [5, 5.41) is 0. The van der Waals surface area contributed by atoms with Crippen molar-refractivity contribution in [2.45, 2.75) is 6.92 Å². The summed E-state index contributed by atoms with van der Waals surface area (Å²) in [6, 6.07) is 3.51. The summed E-state index contributed by atoms with van der Waals surface area (Å²) >= 11 is 1.16. The van der Waals surface area contributed by atoms with Gasteiger partial charge in [-0.1, -0.05) is 6.07 Å². The van der Waals surface area contributed by atoms with Gasteiger partial charge in [0.05, 0.1) is 12.8 Å². The van der Waals surface area contributed by atoms with E-state index >= 15 is 0 Å². The number of esters is 1. The Bertz CT molecular complexity index is 652. The van der Waals surface area contributed by atoms with Crippen LogP contribution in [0, 0.1) is 18.6 Å². The van der Waals surface area contributed by atoms with Crippen LogP contribution in [0.3, 0.4) is 0 Å². The number of anilines is 1. The van der Waals surface area contributed by atoms with Crippen LogP contribution in [0.1, 0.15) is 14.5 Å². The van der Waals surface area contributed by atoms with Gasteiger partial charge in [-0.05, 0) is 24.6 Å². The summed E-state index contributed by atoms with van der Waals surface area (Å²) in [6.07, 6.45) is 0. The Labute approximate surface area is 112 Å². The predicted octanol–water partition coefficient (Wildman–Crippen LogP) is 3.37. The van der Waals surface area contributed by atoms with Crippen LogP contribution < -0.4 is 5.73 Å². The quantitative estimate of drug-likeness (QED) is 0.860. The molecule has 0 aliphatic carbocycles. The van der Waals surface area contributed by atoms with Gasteiger partial charge < -0.3 is 10.5 Å². The van der Waals surface area contributed by atoms with Crippen molar-refractivity contribution in [1.29, 1.82) is 0 Å². The van der Waals surface area contributed by atoms with Gasteiger partial charge in [0, 0.05) is 10.4 Å². The number of nitrogen functional groups attached to an aromatic ring is 1. The Balaban J connectivity index is 2.59. The Morgan fingerprint density at radius 2 is 2.00 bits per heavy atom. The maximum Gasteiger partial charge on any atom is 0.350 e. The fraction of sp³-hybridized carbons (Fsp3) is 0.154. The summed E-state index contributed by atoms with van der Waals surface area (Å²) in [5.74, 6) is -2.43. The molecule has 2 rings (SSSR count). The van der Waals surface area contributed by atoms with E-state index < -0.39 is 17.6 Å². The minimum Gasteiger partial charge on any atom is -0.465 e. The van der Waals surface area contributed by atoms with Crippen molar-refractivity contribution in [1.82, 2.24) is 0 Å². The number of methoxy groups -OCH3 is 1. The van der Waals surface area contributed by atoms with Crippen LogP contribution in [0.25, 0.3) is 11.1 Å². The van der Waals surface area contributed by atoms with E-state index in [1.807, 2.05) is 0 Å². The van der Waals surface area contributed by atoms with Crippen LogP contribution >= 0.6 is 11.3 Å². The monoisotopic (exact) mass is 283 g/mol.